The van der Waals surface area contributed by atoms with Crippen molar-refractivity contribution in [2.75, 3.05) is 7.11 Å². The molecule has 0 aliphatic rings. The van der Waals surface area contributed by atoms with Gasteiger partial charge in [0.25, 0.3) is 0 Å². The molecule has 0 spiro atoms. The second-order valence-electron chi connectivity index (χ2n) is 3.75. The molecule has 0 saturated heterocycles. The number of hydrogen-bond acceptors (Lipinski definition) is 7. The molecular weight excluding hydrogens is 246 g/mol. The molecule has 0 amide bonds. The maximum Gasteiger partial charge on any atom is 0.348 e. The van der Waals surface area contributed by atoms with E-state index in [0.29, 0.717) is 0 Å². The molecule has 1 N–H and O–H groups in total. The Balaban J connectivity index is 3.11. The maximum atomic E-state index is 11.3. The number of carbonyl (C=O) groups excluding carboxylic acids is 1. The lowest BCUT2D eigenvalue weighted by atomic mass is 10.1. The van der Waals surface area contributed by atoms with Gasteiger partial charge in [0.15, 0.2) is 5.60 Å². The van der Waals surface area contributed by atoms with Crippen molar-refractivity contribution in [1.29, 1.82) is 0 Å². The van der Waals surface area contributed by atoms with Gasteiger partial charge in [-0.05, 0) is 6.92 Å². The van der Waals surface area contributed by atoms with Gasteiger partial charge in [0, 0.05) is 0 Å². The average Bonchev–Trinajstić information content (AvgIpc) is 2.30. The van der Waals surface area contributed by atoms with Gasteiger partial charge in [-0.3, -0.25) is 14.7 Å². The summed E-state index contributed by atoms with van der Waals surface area (Å²) in [6.07, 6.45) is 1.69. The highest BCUT2D eigenvalue weighted by molar-refractivity contribution is 5.78. The molecule has 18 heavy (non-hydrogen) atoms. The first-order chi connectivity index (χ1) is 8.27. The van der Waals surface area contributed by atoms with Crippen LogP contribution in [0.3, 0.4) is 0 Å². The molecule has 1 aromatic rings. The summed E-state index contributed by atoms with van der Waals surface area (Å²) in [6, 6.07) is 0. The number of hydrogen-bond donors (Lipinski definition) is 1. The summed E-state index contributed by atoms with van der Waals surface area (Å²) in [5.41, 5.74) is -3.21. The van der Waals surface area contributed by atoms with Gasteiger partial charge in [-0.1, -0.05) is 0 Å². The van der Waals surface area contributed by atoms with Gasteiger partial charge >= 0.3 is 17.3 Å². The standard InChI is InChI=1S/C9H11N3O6/c1-9(15,7(13)18-2)5-11-4-6(12(16)17)3-10-8(11)14/h3-4,15H,5H2,1-2H3. The SMILES string of the molecule is COC(=O)C(C)(O)Cn1cc([N+](=O)[O-])cnc1=O. The van der Waals surface area contributed by atoms with Gasteiger partial charge in [-0.25, -0.2) is 9.59 Å². The van der Waals surface area contributed by atoms with Gasteiger partial charge in [0.1, 0.15) is 6.20 Å². The van der Waals surface area contributed by atoms with E-state index in [1.165, 1.54) is 0 Å². The molecule has 0 aliphatic carbocycles. The number of rotatable bonds is 4. The number of ether oxygens (including phenoxy) is 1. The first-order valence-electron chi connectivity index (χ1n) is 4.79. The molecule has 0 aliphatic heterocycles. The Morgan fingerprint density at radius 2 is 2.33 bits per heavy atom. The second kappa shape index (κ2) is 4.92. The largest absolute Gasteiger partial charge is 0.467 e. The third kappa shape index (κ3) is 2.88. The van der Waals surface area contributed by atoms with Gasteiger partial charge in [-0.2, -0.15) is 4.98 Å². The zero-order chi connectivity index (χ0) is 13.9. The number of nitro groups is 1. The van der Waals surface area contributed by atoms with Gasteiger partial charge in [0.2, 0.25) is 0 Å². The number of aromatic nitrogens is 2. The molecule has 1 unspecified atom stereocenters. The van der Waals surface area contributed by atoms with Crippen molar-refractivity contribution in [3.63, 3.8) is 0 Å². The van der Waals surface area contributed by atoms with Crippen molar-refractivity contribution in [2.24, 2.45) is 0 Å². The lowest BCUT2D eigenvalue weighted by Gasteiger charge is -2.20. The topological polar surface area (TPSA) is 125 Å². The molecule has 1 rings (SSSR count). The molecule has 0 aromatic carbocycles. The molecule has 9 nitrogen and oxygen atoms in total. The average molecular weight is 257 g/mol. The van der Waals surface area contributed by atoms with Crippen LogP contribution in [-0.4, -0.2) is 38.3 Å². The fourth-order valence-electron chi connectivity index (χ4n) is 1.27. The lowest BCUT2D eigenvalue weighted by Crippen LogP contribution is -2.43. The number of methoxy groups -OCH3 is 1. The van der Waals surface area contributed by atoms with Crippen LogP contribution in [0.5, 0.6) is 0 Å². The number of carbonyl (C=O) groups is 1. The summed E-state index contributed by atoms with van der Waals surface area (Å²) in [4.78, 5) is 35.6. The number of nitrogens with zero attached hydrogens (tertiary/aromatic N) is 3. The van der Waals surface area contributed by atoms with Gasteiger partial charge < -0.3 is 9.84 Å². The number of esters is 1. The third-order valence-corrected chi connectivity index (χ3v) is 2.16. The van der Waals surface area contributed by atoms with E-state index in [4.69, 9.17) is 0 Å². The van der Waals surface area contributed by atoms with Crippen LogP contribution in [0, 0.1) is 10.1 Å². The predicted molar refractivity (Wildman–Crippen MR) is 57.8 cm³/mol. The van der Waals surface area contributed by atoms with Crippen LogP contribution in [0.4, 0.5) is 5.69 Å². The minimum Gasteiger partial charge on any atom is -0.467 e. The molecule has 0 saturated carbocycles. The fourth-order valence-corrected chi connectivity index (χ4v) is 1.27. The van der Waals surface area contributed by atoms with Crippen LogP contribution in [-0.2, 0) is 16.1 Å². The van der Waals surface area contributed by atoms with E-state index in [2.05, 4.69) is 9.72 Å². The maximum absolute atomic E-state index is 11.3. The Bertz CT molecular complexity index is 535. The van der Waals surface area contributed by atoms with Crippen LogP contribution in [0.1, 0.15) is 6.92 Å². The predicted octanol–water partition coefficient (Wildman–Crippen LogP) is -0.925. The van der Waals surface area contributed by atoms with Crippen molar-refractivity contribution >= 4 is 11.7 Å². The van der Waals surface area contributed by atoms with E-state index in [-0.39, 0.29) is 0 Å². The first-order valence-corrected chi connectivity index (χ1v) is 4.79. The number of aliphatic hydroxyl groups is 1. The summed E-state index contributed by atoms with van der Waals surface area (Å²) in [5, 5.41) is 20.3. The highest BCUT2D eigenvalue weighted by atomic mass is 16.6. The Morgan fingerprint density at radius 3 is 2.83 bits per heavy atom. The molecule has 0 fully saturated rings. The van der Waals surface area contributed by atoms with Crippen molar-refractivity contribution in [1.82, 2.24) is 9.55 Å². The highest BCUT2D eigenvalue weighted by Crippen LogP contribution is 2.11. The first kappa shape index (κ1) is 13.8. The quantitative estimate of drug-likeness (QED) is 0.420. The molecule has 1 atom stereocenters. The second-order valence-corrected chi connectivity index (χ2v) is 3.75. The Hall–Kier alpha value is -2.29. The minimum atomic E-state index is -1.98. The molecule has 0 radical (unpaired) electrons. The van der Waals surface area contributed by atoms with E-state index in [9.17, 15) is 24.8 Å². The Morgan fingerprint density at radius 1 is 1.72 bits per heavy atom. The van der Waals surface area contributed by atoms with E-state index >= 15 is 0 Å². The van der Waals surface area contributed by atoms with E-state index < -0.39 is 34.4 Å². The Labute approximate surface area is 101 Å². The van der Waals surface area contributed by atoms with E-state index in [1.807, 2.05) is 0 Å². The van der Waals surface area contributed by atoms with Crippen molar-refractivity contribution in [3.05, 3.63) is 33.0 Å². The summed E-state index contributed by atoms with van der Waals surface area (Å²) < 4.78 is 5.12. The lowest BCUT2D eigenvalue weighted by molar-refractivity contribution is -0.385. The molecule has 98 valence electrons. The van der Waals surface area contributed by atoms with Crippen LogP contribution in [0.15, 0.2) is 17.2 Å². The summed E-state index contributed by atoms with van der Waals surface area (Å²) in [5.74, 6) is -0.957. The smallest absolute Gasteiger partial charge is 0.348 e. The van der Waals surface area contributed by atoms with Gasteiger partial charge in [0.05, 0.1) is 24.8 Å². The van der Waals surface area contributed by atoms with Crippen LogP contribution >= 0.6 is 0 Å². The van der Waals surface area contributed by atoms with Crippen molar-refractivity contribution in [2.45, 2.75) is 19.1 Å². The fraction of sp³-hybridized carbons (Fsp3) is 0.444. The molecule has 1 heterocycles. The molecular formula is C9H11N3O6. The summed E-state index contributed by atoms with van der Waals surface area (Å²) in [6.45, 7) is 0.636. The van der Waals surface area contributed by atoms with Crippen molar-refractivity contribution in [3.8, 4) is 0 Å². The summed E-state index contributed by atoms with van der Waals surface area (Å²) in [7, 11) is 1.07. The normalized spacial score (nSPS) is 13.7. The van der Waals surface area contributed by atoms with Crippen molar-refractivity contribution < 1.29 is 19.6 Å². The van der Waals surface area contributed by atoms with Gasteiger partial charge in [-0.15, -0.1) is 0 Å². The monoisotopic (exact) mass is 257 g/mol. The Kier molecular flexibility index (Phi) is 3.76. The molecule has 0 bridgehead atoms. The van der Waals surface area contributed by atoms with E-state index in [0.717, 1.165) is 31.0 Å². The van der Waals surface area contributed by atoms with Crippen LogP contribution in [0.25, 0.3) is 0 Å². The zero-order valence-corrected chi connectivity index (χ0v) is 9.69. The third-order valence-electron chi connectivity index (χ3n) is 2.16. The molecule has 1 aromatic heterocycles. The van der Waals surface area contributed by atoms with E-state index in [1.54, 1.807) is 0 Å². The summed E-state index contributed by atoms with van der Waals surface area (Å²) >= 11 is 0. The highest BCUT2D eigenvalue weighted by Gasteiger charge is 2.32. The van der Waals surface area contributed by atoms with Crippen LogP contribution < -0.4 is 5.69 Å². The van der Waals surface area contributed by atoms with Crippen LogP contribution in [0.2, 0.25) is 0 Å². The zero-order valence-electron chi connectivity index (χ0n) is 9.69. The molecule has 9 heteroatoms. The minimum absolute atomic E-state index is 0.421.